The number of pyridine rings is 1. The summed E-state index contributed by atoms with van der Waals surface area (Å²) in [5.41, 5.74) is 0.979. The van der Waals surface area contributed by atoms with E-state index in [0.29, 0.717) is 11.9 Å². The number of nitrogens with zero attached hydrogens (tertiary/aromatic N) is 2. The van der Waals surface area contributed by atoms with E-state index in [2.05, 4.69) is 25.0 Å². The second-order valence-corrected chi connectivity index (χ2v) is 6.73. The van der Waals surface area contributed by atoms with Gasteiger partial charge in [-0.3, -0.25) is 0 Å². The molecule has 0 unspecified atom stereocenters. The van der Waals surface area contributed by atoms with Gasteiger partial charge in [-0.05, 0) is 24.5 Å². The maximum absolute atomic E-state index is 12.1. The maximum Gasteiger partial charge on any atom is 0.258 e. The van der Waals surface area contributed by atoms with Crippen LogP contribution in [0, 0.1) is 0 Å². The predicted molar refractivity (Wildman–Crippen MR) is 76.7 cm³/mol. The first-order chi connectivity index (χ1) is 10.1. The van der Waals surface area contributed by atoms with Gasteiger partial charge in [-0.2, -0.15) is 0 Å². The maximum atomic E-state index is 12.1. The average molecular weight is 307 g/mol. The van der Waals surface area contributed by atoms with Crippen LogP contribution >= 0.6 is 0 Å². The highest BCUT2D eigenvalue weighted by atomic mass is 32.2. The van der Waals surface area contributed by atoms with Gasteiger partial charge in [0.15, 0.2) is 5.03 Å². The molecule has 0 amide bonds. The molecule has 0 aromatic carbocycles. The number of rotatable bonds is 7. The first-order valence-electron chi connectivity index (χ1n) is 6.80. The fraction of sp³-hybridized carbons (Fsp3) is 0.385. The lowest BCUT2D eigenvalue weighted by Gasteiger charge is -2.06. The van der Waals surface area contributed by atoms with Crippen LogP contribution in [-0.4, -0.2) is 29.4 Å². The van der Waals surface area contributed by atoms with Crippen LogP contribution in [0.25, 0.3) is 0 Å². The fourth-order valence-electron chi connectivity index (χ4n) is 1.86. The van der Waals surface area contributed by atoms with Gasteiger partial charge in [0.05, 0.1) is 6.54 Å². The largest absolute Gasteiger partial charge is 0.347 e. The third-order valence-corrected chi connectivity index (χ3v) is 4.55. The van der Waals surface area contributed by atoms with E-state index >= 15 is 0 Å². The Morgan fingerprint density at radius 2 is 2.10 bits per heavy atom. The van der Waals surface area contributed by atoms with Gasteiger partial charge >= 0.3 is 0 Å². The van der Waals surface area contributed by atoms with Crippen molar-refractivity contribution in [3.63, 3.8) is 0 Å². The molecular formula is C13H17N5O2S. The highest BCUT2D eigenvalue weighted by Gasteiger charge is 2.20. The van der Waals surface area contributed by atoms with Gasteiger partial charge in [-0.25, -0.2) is 23.1 Å². The van der Waals surface area contributed by atoms with Gasteiger partial charge in [-0.1, -0.05) is 6.07 Å². The van der Waals surface area contributed by atoms with E-state index in [1.54, 1.807) is 24.7 Å². The van der Waals surface area contributed by atoms with E-state index < -0.39 is 10.0 Å². The van der Waals surface area contributed by atoms with Crippen LogP contribution in [0.2, 0.25) is 0 Å². The molecule has 0 spiro atoms. The van der Waals surface area contributed by atoms with E-state index in [4.69, 9.17) is 0 Å². The van der Waals surface area contributed by atoms with Gasteiger partial charge in [0.2, 0.25) is 0 Å². The molecule has 7 nitrogen and oxygen atoms in total. The van der Waals surface area contributed by atoms with Crippen molar-refractivity contribution < 1.29 is 8.42 Å². The minimum atomic E-state index is -3.61. The first kappa shape index (κ1) is 14.2. The smallest absolute Gasteiger partial charge is 0.258 e. The number of aromatic amines is 1. The van der Waals surface area contributed by atoms with E-state index in [9.17, 15) is 8.42 Å². The molecule has 3 rings (SSSR count). The molecule has 2 heterocycles. The monoisotopic (exact) mass is 307 g/mol. The molecule has 0 atom stereocenters. The highest BCUT2D eigenvalue weighted by Crippen LogP contribution is 2.19. The molecule has 3 N–H and O–H groups in total. The van der Waals surface area contributed by atoms with Crippen molar-refractivity contribution in [2.24, 2.45) is 0 Å². The van der Waals surface area contributed by atoms with E-state index in [0.717, 1.165) is 12.1 Å². The molecule has 1 saturated carbocycles. The lowest BCUT2D eigenvalue weighted by Crippen LogP contribution is -2.25. The Kier molecular flexibility index (Phi) is 4.00. The Balaban J connectivity index is 1.61. The normalized spacial score (nSPS) is 15.2. The molecule has 1 fully saturated rings. The van der Waals surface area contributed by atoms with E-state index in [1.165, 1.54) is 18.9 Å². The zero-order valence-electron chi connectivity index (χ0n) is 11.4. The molecule has 0 saturated heterocycles. The summed E-state index contributed by atoms with van der Waals surface area (Å²) in [6.07, 6.45) is 7.25. The van der Waals surface area contributed by atoms with Crippen molar-refractivity contribution in [1.29, 1.82) is 0 Å². The Morgan fingerprint density at radius 1 is 1.24 bits per heavy atom. The van der Waals surface area contributed by atoms with Crippen molar-refractivity contribution in [2.45, 2.75) is 37.0 Å². The van der Waals surface area contributed by atoms with Crippen LogP contribution in [-0.2, 0) is 23.1 Å². The Morgan fingerprint density at radius 3 is 2.71 bits per heavy atom. The average Bonchev–Trinajstić information content (AvgIpc) is 3.17. The van der Waals surface area contributed by atoms with Crippen molar-refractivity contribution in [3.05, 3.63) is 42.1 Å². The summed E-state index contributed by atoms with van der Waals surface area (Å²) in [6, 6.07) is 3.92. The topological polar surface area (TPSA) is 99.8 Å². The number of imidazole rings is 1. The quantitative estimate of drug-likeness (QED) is 0.693. The standard InChI is InChI=1S/C13H17N5O2S/c19-21(20,18-9-12-14-5-6-15-12)13-4-1-10(8-17-13)7-16-11-2-3-11/h1,4-6,8,11,16,18H,2-3,7,9H2,(H,14,15). The number of nitrogens with one attached hydrogen (secondary N) is 3. The van der Waals surface area contributed by atoms with Gasteiger partial charge < -0.3 is 10.3 Å². The first-order valence-corrected chi connectivity index (χ1v) is 8.28. The van der Waals surface area contributed by atoms with Gasteiger partial charge in [-0.15, -0.1) is 0 Å². The molecule has 1 aliphatic carbocycles. The summed E-state index contributed by atoms with van der Waals surface area (Å²) in [7, 11) is -3.61. The van der Waals surface area contributed by atoms with E-state index in [-0.39, 0.29) is 11.6 Å². The van der Waals surface area contributed by atoms with Crippen molar-refractivity contribution in [1.82, 2.24) is 25.0 Å². The van der Waals surface area contributed by atoms with Crippen molar-refractivity contribution in [3.8, 4) is 0 Å². The Labute approximate surface area is 123 Å². The minimum absolute atomic E-state index is 0.0178. The lowest BCUT2D eigenvalue weighted by molar-refractivity contribution is 0.575. The van der Waals surface area contributed by atoms with Crippen LogP contribution < -0.4 is 10.0 Å². The van der Waals surface area contributed by atoms with Crippen LogP contribution in [0.5, 0.6) is 0 Å². The summed E-state index contributed by atoms with van der Waals surface area (Å²) in [5.74, 6) is 0.559. The number of hydrogen-bond donors (Lipinski definition) is 3. The summed E-state index contributed by atoms with van der Waals surface area (Å²) in [6.45, 7) is 0.833. The number of aromatic nitrogens is 3. The zero-order valence-corrected chi connectivity index (χ0v) is 12.2. The van der Waals surface area contributed by atoms with Gasteiger partial charge in [0.1, 0.15) is 5.82 Å². The molecule has 21 heavy (non-hydrogen) atoms. The van der Waals surface area contributed by atoms with Crippen LogP contribution in [0.15, 0.2) is 35.7 Å². The third-order valence-electron chi connectivity index (χ3n) is 3.23. The lowest BCUT2D eigenvalue weighted by atomic mass is 10.3. The molecule has 0 radical (unpaired) electrons. The number of H-pyrrole nitrogens is 1. The Hall–Kier alpha value is -1.77. The SMILES string of the molecule is O=S(=O)(NCc1ncc[nH]1)c1ccc(CNC2CC2)cn1. The van der Waals surface area contributed by atoms with E-state index in [1.807, 2.05) is 0 Å². The summed E-state index contributed by atoms with van der Waals surface area (Å²) in [5, 5.41) is 3.38. The second kappa shape index (κ2) is 5.92. The molecule has 2 aromatic rings. The molecule has 112 valence electrons. The van der Waals surface area contributed by atoms with Gasteiger partial charge in [0, 0.05) is 31.2 Å². The van der Waals surface area contributed by atoms with Crippen LogP contribution in [0.3, 0.4) is 0 Å². The molecule has 8 heteroatoms. The van der Waals surface area contributed by atoms with Gasteiger partial charge in [0.25, 0.3) is 10.0 Å². The van der Waals surface area contributed by atoms with Crippen LogP contribution in [0.4, 0.5) is 0 Å². The minimum Gasteiger partial charge on any atom is -0.347 e. The van der Waals surface area contributed by atoms with Crippen molar-refractivity contribution >= 4 is 10.0 Å². The third kappa shape index (κ3) is 3.87. The predicted octanol–water partition coefficient (Wildman–Crippen LogP) is 0.535. The Bertz CT molecular complexity index is 678. The molecule has 0 bridgehead atoms. The number of hydrogen-bond acceptors (Lipinski definition) is 5. The molecule has 2 aromatic heterocycles. The zero-order chi connectivity index (χ0) is 14.7. The molecular weight excluding hydrogens is 290 g/mol. The highest BCUT2D eigenvalue weighted by molar-refractivity contribution is 7.89. The summed E-state index contributed by atoms with van der Waals surface area (Å²) < 4.78 is 26.6. The van der Waals surface area contributed by atoms with Crippen molar-refractivity contribution in [2.75, 3.05) is 0 Å². The fourth-order valence-corrected chi connectivity index (χ4v) is 2.77. The molecule has 0 aliphatic heterocycles. The summed E-state index contributed by atoms with van der Waals surface area (Å²) in [4.78, 5) is 10.8. The van der Waals surface area contributed by atoms with Crippen LogP contribution in [0.1, 0.15) is 24.2 Å². The molecule has 1 aliphatic rings. The summed E-state index contributed by atoms with van der Waals surface area (Å²) >= 11 is 0. The number of sulfonamides is 1. The second-order valence-electron chi connectivity index (χ2n) is 5.02.